The minimum Gasteiger partial charge on any atom is -0.309 e. The highest BCUT2D eigenvalue weighted by Crippen LogP contribution is 2.35. The van der Waals surface area contributed by atoms with E-state index in [1.807, 2.05) is 6.07 Å². The van der Waals surface area contributed by atoms with Gasteiger partial charge in [0.25, 0.3) is 0 Å². The van der Waals surface area contributed by atoms with Crippen LogP contribution in [0.4, 0.5) is 8.78 Å². The highest BCUT2D eigenvalue weighted by atomic mass is 32.1. The molecule has 0 aliphatic rings. The second-order valence-corrected chi connectivity index (χ2v) is 7.41. The van der Waals surface area contributed by atoms with E-state index < -0.39 is 11.6 Å². The maximum absolute atomic E-state index is 14.1. The average molecular weight is 309 g/mol. The molecule has 0 amide bonds. The zero-order valence-corrected chi connectivity index (χ0v) is 13.9. The molecule has 2 rings (SSSR count). The van der Waals surface area contributed by atoms with Crippen molar-refractivity contribution in [2.24, 2.45) is 0 Å². The van der Waals surface area contributed by atoms with Gasteiger partial charge in [-0.1, -0.05) is 20.8 Å². The van der Waals surface area contributed by atoms with E-state index in [9.17, 15) is 8.78 Å². The molecule has 0 saturated heterocycles. The predicted octanol–water partition coefficient (Wildman–Crippen LogP) is 4.94. The topological polar surface area (TPSA) is 12.0 Å². The van der Waals surface area contributed by atoms with Gasteiger partial charge in [-0.15, -0.1) is 11.3 Å². The summed E-state index contributed by atoms with van der Waals surface area (Å²) in [5.41, 5.74) is 1.01. The van der Waals surface area contributed by atoms with Crippen LogP contribution in [0, 0.1) is 18.6 Å². The molecule has 4 heteroatoms. The Bertz CT molecular complexity index is 641. The van der Waals surface area contributed by atoms with Crippen LogP contribution in [-0.4, -0.2) is 7.05 Å². The normalized spacial score (nSPS) is 13.5. The molecule has 0 aliphatic carbocycles. The Morgan fingerprint density at radius 1 is 1.10 bits per heavy atom. The van der Waals surface area contributed by atoms with Gasteiger partial charge in [0, 0.05) is 21.4 Å². The first-order valence-electron chi connectivity index (χ1n) is 6.97. The van der Waals surface area contributed by atoms with Gasteiger partial charge < -0.3 is 5.32 Å². The zero-order valence-electron chi connectivity index (χ0n) is 13.1. The molecule has 2 aromatic rings. The van der Waals surface area contributed by atoms with E-state index in [2.05, 4.69) is 32.2 Å². The highest BCUT2D eigenvalue weighted by molar-refractivity contribution is 7.12. The minimum absolute atomic E-state index is 0.0679. The second-order valence-electron chi connectivity index (χ2n) is 6.30. The number of thiophene rings is 1. The Morgan fingerprint density at radius 2 is 1.76 bits per heavy atom. The molecule has 0 saturated carbocycles. The van der Waals surface area contributed by atoms with Gasteiger partial charge in [-0.2, -0.15) is 0 Å². The molecule has 1 N–H and O–H groups in total. The van der Waals surface area contributed by atoms with Crippen LogP contribution in [0.1, 0.15) is 47.7 Å². The number of rotatable bonds is 3. The Morgan fingerprint density at radius 3 is 2.29 bits per heavy atom. The van der Waals surface area contributed by atoms with E-state index in [0.29, 0.717) is 11.1 Å². The third-order valence-corrected chi connectivity index (χ3v) is 5.10. The van der Waals surface area contributed by atoms with Gasteiger partial charge in [0.1, 0.15) is 11.6 Å². The number of aryl methyl sites for hydroxylation is 1. The van der Waals surface area contributed by atoms with Gasteiger partial charge in [-0.3, -0.25) is 0 Å². The van der Waals surface area contributed by atoms with E-state index in [4.69, 9.17) is 0 Å². The van der Waals surface area contributed by atoms with E-state index in [-0.39, 0.29) is 11.5 Å². The molecule has 114 valence electrons. The molecule has 0 radical (unpaired) electrons. The van der Waals surface area contributed by atoms with Crippen molar-refractivity contribution < 1.29 is 8.78 Å². The van der Waals surface area contributed by atoms with Crippen molar-refractivity contribution >= 4 is 11.3 Å². The SMILES string of the molecule is CNC(c1ccc(C(C)(C)C)s1)c1cc(C)c(F)cc1F. The lowest BCUT2D eigenvalue weighted by atomic mass is 9.95. The Hall–Kier alpha value is -1.26. The largest absolute Gasteiger partial charge is 0.309 e. The third-order valence-electron chi connectivity index (χ3n) is 3.53. The van der Waals surface area contributed by atoms with E-state index in [1.54, 1.807) is 31.4 Å². The molecule has 0 fully saturated rings. The first kappa shape index (κ1) is 16.1. The van der Waals surface area contributed by atoms with Crippen LogP contribution in [-0.2, 0) is 5.41 Å². The molecule has 0 spiro atoms. The number of halogens is 2. The van der Waals surface area contributed by atoms with Gasteiger partial charge in [0.2, 0.25) is 0 Å². The van der Waals surface area contributed by atoms with Crippen LogP contribution >= 0.6 is 11.3 Å². The van der Waals surface area contributed by atoms with Crippen molar-refractivity contribution in [2.75, 3.05) is 7.05 Å². The van der Waals surface area contributed by atoms with Crippen LogP contribution < -0.4 is 5.32 Å². The minimum atomic E-state index is -0.511. The molecular weight excluding hydrogens is 288 g/mol. The van der Waals surface area contributed by atoms with E-state index in [0.717, 1.165) is 10.9 Å². The van der Waals surface area contributed by atoms with E-state index in [1.165, 1.54) is 4.88 Å². The summed E-state index contributed by atoms with van der Waals surface area (Å²) < 4.78 is 27.6. The van der Waals surface area contributed by atoms with Crippen LogP contribution in [0.25, 0.3) is 0 Å². The molecule has 1 unspecified atom stereocenters. The van der Waals surface area contributed by atoms with Crippen LogP contribution in [0.2, 0.25) is 0 Å². The predicted molar refractivity (Wildman–Crippen MR) is 85.0 cm³/mol. The summed E-state index contributed by atoms with van der Waals surface area (Å²) in [4.78, 5) is 2.28. The Balaban J connectivity index is 2.45. The van der Waals surface area contributed by atoms with Crippen molar-refractivity contribution in [1.29, 1.82) is 0 Å². The summed E-state index contributed by atoms with van der Waals surface area (Å²) in [6.07, 6.45) is 0. The number of hydrogen-bond donors (Lipinski definition) is 1. The molecule has 1 aromatic carbocycles. The lowest BCUT2D eigenvalue weighted by Gasteiger charge is -2.18. The fourth-order valence-electron chi connectivity index (χ4n) is 2.26. The van der Waals surface area contributed by atoms with Gasteiger partial charge in [0.05, 0.1) is 6.04 Å². The second kappa shape index (κ2) is 5.85. The quantitative estimate of drug-likeness (QED) is 0.846. The Kier molecular flexibility index (Phi) is 4.49. The molecule has 21 heavy (non-hydrogen) atoms. The maximum atomic E-state index is 14.1. The van der Waals surface area contributed by atoms with E-state index >= 15 is 0 Å². The summed E-state index contributed by atoms with van der Waals surface area (Å²) in [6.45, 7) is 8.11. The van der Waals surface area contributed by atoms with Crippen molar-refractivity contribution in [3.05, 3.63) is 56.8 Å². The van der Waals surface area contributed by atoms with Gasteiger partial charge in [-0.25, -0.2) is 8.78 Å². The number of nitrogens with one attached hydrogen (secondary N) is 1. The molecule has 0 aliphatic heterocycles. The Labute approximate surface area is 129 Å². The number of hydrogen-bond acceptors (Lipinski definition) is 2. The summed E-state index contributed by atoms with van der Waals surface area (Å²) in [5.74, 6) is -1.02. The first-order chi connectivity index (χ1) is 9.74. The van der Waals surface area contributed by atoms with Crippen LogP contribution in [0.5, 0.6) is 0 Å². The summed E-state index contributed by atoms with van der Waals surface area (Å²) in [5, 5.41) is 3.13. The average Bonchev–Trinajstić information content (AvgIpc) is 2.86. The fourth-order valence-corrected chi connectivity index (χ4v) is 3.46. The van der Waals surface area contributed by atoms with Gasteiger partial charge in [0.15, 0.2) is 0 Å². The van der Waals surface area contributed by atoms with Crippen molar-refractivity contribution in [3.8, 4) is 0 Å². The molecule has 1 nitrogen and oxygen atoms in total. The van der Waals surface area contributed by atoms with Gasteiger partial charge in [-0.05, 0) is 43.1 Å². The third kappa shape index (κ3) is 3.33. The lowest BCUT2D eigenvalue weighted by Crippen LogP contribution is -2.18. The molecule has 1 atom stereocenters. The van der Waals surface area contributed by atoms with Crippen LogP contribution in [0.15, 0.2) is 24.3 Å². The molecular formula is C17H21F2NS. The molecule has 1 aromatic heterocycles. The standard InChI is InChI=1S/C17H21F2NS/c1-10-8-11(13(19)9-12(10)18)16(20-5)14-6-7-15(21-14)17(2,3)4/h6-9,16,20H,1-5H3. The smallest absolute Gasteiger partial charge is 0.131 e. The molecule has 0 bridgehead atoms. The van der Waals surface area contributed by atoms with Crippen LogP contribution in [0.3, 0.4) is 0 Å². The first-order valence-corrected chi connectivity index (χ1v) is 7.78. The summed E-state index contributed by atoms with van der Waals surface area (Å²) in [7, 11) is 1.79. The lowest BCUT2D eigenvalue weighted by molar-refractivity contribution is 0.549. The summed E-state index contributed by atoms with van der Waals surface area (Å²) >= 11 is 1.66. The zero-order chi connectivity index (χ0) is 15.8. The van der Waals surface area contributed by atoms with Gasteiger partial charge >= 0.3 is 0 Å². The van der Waals surface area contributed by atoms with Crippen molar-refractivity contribution in [2.45, 2.75) is 39.2 Å². The van der Waals surface area contributed by atoms with Crippen molar-refractivity contribution in [1.82, 2.24) is 5.32 Å². The fraction of sp³-hybridized carbons (Fsp3) is 0.412. The van der Waals surface area contributed by atoms with Crippen molar-refractivity contribution in [3.63, 3.8) is 0 Å². The maximum Gasteiger partial charge on any atom is 0.131 e. The molecule has 1 heterocycles. The monoisotopic (exact) mass is 309 g/mol. The highest BCUT2D eigenvalue weighted by Gasteiger charge is 2.22. The summed E-state index contributed by atoms with van der Waals surface area (Å²) in [6, 6.07) is 6.39. The number of benzene rings is 1.